The fraction of sp³-hybridized carbons (Fsp3) is 0.368. The number of hydrogen-bond acceptors (Lipinski definition) is 11. The molecule has 1 aromatic heterocycles. The van der Waals surface area contributed by atoms with Gasteiger partial charge < -0.3 is 38.7 Å². The van der Waals surface area contributed by atoms with Gasteiger partial charge in [0.15, 0.2) is 12.2 Å². The van der Waals surface area contributed by atoms with Crippen molar-refractivity contribution in [2.75, 3.05) is 26.9 Å². The lowest BCUT2D eigenvalue weighted by atomic mass is 9.72. The number of ether oxygens (including phenoxy) is 4. The highest BCUT2D eigenvalue weighted by Crippen LogP contribution is 2.55. The first-order valence-corrected chi connectivity index (χ1v) is 28.2. The molecule has 6 aliphatic rings. The zero-order valence-corrected chi connectivity index (χ0v) is 44.9. The molecule has 0 radical (unpaired) electrons. The van der Waals surface area contributed by atoms with Crippen molar-refractivity contribution in [3.63, 3.8) is 0 Å². The van der Waals surface area contributed by atoms with Crippen LogP contribution < -0.4 is 10.4 Å². The number of rotatable bonds is 10. The molecule has 1 fully saturated rings. The van der Waals surface area contributed by atoms with Crippen molar-refractivity contribution in [3.8, 4) is 5.75 Å². The second-order valence-electron chi connectivity index (χ2n) is 22.9. The van der Waals surface area contributed by atoms with Gasteiger partial charge in [-0.3, -0.25) is 4.79 Å². The van der Waals surface area contributed by atoms with Crippen molar-refractivity contribution >= 4 is 33.7 Å². The summed E-state index contributed by atoms with van der Waals surface area (Å²) in [4.78, 5) is 45.8. The molecule has 9 atom stereocenters. The van der Waals surface area contributed by atoms with Crippen molar-refractivity contribution < 1.29 is 48.3 Å². The van der Waals surface area contributed by atoms with Crippen LogP contribution in [0.25, 0.3) is 21.7 Å². The maximum atomic E-state index is 15.7. The monoisotopic (exact) mass is 1060 g/mol. The molecule has 8 bridgehead atoms. The first-order valence-electron chi connectivity index (χ1n) is 28.2. The van der Waals surface area contributed by atoms with Crippen LogP contribution in [0.3, 0.4) is 0 Å². The largest absolute Gasteiger partial charge is 0.483 e. The number of fused-ring (bicyclic) bond motifs is 13. The molecule has 0 amide bonds. The van der Waals surface area contributed by atoms with E-state index in [1.54, 1.807) is 12.1 Å². The summed E-state index contributed by atoms with van der Waals surface area (Å²) in [6, 6.07) is 43.9. The summed E-state index contributed by atoms with van der Waals surface area (Å²) in [5.74, 6) is -1.92. The van der Waals surface area contributed by atoms with E-state index in [2.05, 4.69) is 115 Å². The summed E-state index contributed by atoms with van der Waals surface area (Å²) >= 11 is 0. The van der Waals surface area contributed by atoms with Crippen molar-refractivity contribution in [2.24, 2.45) is 11.8 Å². The molecule has 1 saturated carbocycles. The zero-order chi connectivity index (χ0) is 54.4. The van der Waals surface area contributed by atoms with Crippen LogP contribution in [-0.4, -0.2) is 65.9 Å². The Morgan fingerprint density at radius 3 is 2.35 bits per heavy atom. The maximum absolute atomic E-state index is 15.7. The van der Waals surface area contributed by atoms with Gasteiger partial charge in [0.1, 0.15) is 16.9 Å². The molecule has 4 aliphatic heterocycles. The number of aliphatic hydroxyl groups is 3. The van der Waals surface area contributed by atoms with Gasteiger partial charge in [0.2, 0.25) is 0 Å². The molecule has 13 rings (SSSR count). The Balaban J connectivity index is 1.03. The minimum Gasteiger partial charge on any atom is -0.483 e. The number of hydrogen-bond donors (Lipinski definition) is 3. The van der Waals surface area contributed by atoms with Gasteiger partial charge in [-0.15, -0.1) is 0 Å². The van der Waals surface area contributed by atoms with Crippen molar-refractivity contribution in [1.29, 1.82) is 0 Å². The van der Waals surface area contributed by atoms with E-state index in [0.717, 1.165) is 45.9 Å². The van der Waals surface area contributed by atoms with Gasteiger partial charge >= 0.3 is 17.6 Å². The third kappa shape index (κ3) is 10.0. The summed E-state index contributed by atoms with van der Waals surface area (Å²) in [7, 11) is 1.51. The molecule has 5 heterocycles. The average Bonchev–Trinajstić information content (AvgIpc) is 4.18. The number of benzene rings is 6. The molecule has 11 nitrogen and oxygen atoms in total. The van der Waals surface area contributed by atoms with Gasteiger partial charge in [-0.1, -0.05) is 127 Å². The summed E-state index contributed by atoms with van der Waals surface area (Å²) < 4.78 is 33.3. The highest BCUT2D eigenvalue weighted by atomic mass is 16.6. The average molecular weight is 1060 g/mol. The Labute approximate surface area is 460 Å². The molecule has 3 N–H and O–H groups in total. The standard InChI is InChI=1S/C68H68O11/c1-68-53-23-21-47(34-53)48-20-19-43-11-7-13-49(57(43)35-48)33-52(37-70)55-24-16-40-14-17-44(18-15-40)54-25-22-46(45-12-6-10-42(31-45)30-41-8-4-3-5-9-41)32-51(54)36-60(72)76-64(65(68)78-66(55)73)62-59(79-68)27-26-56-58(38-71)61(67(74)77-63(56)62)50(28-29-69)39-75-2/h3-15,17-20,22,25-27,31,35,46-47,50-51,53-54,64-65,69-71H,16,21,23-24,28-30,32-34,36-39H2,1-2H3/b55-52-/t46-,47+,50-,51-,53-,54+,64-,65+,68+/m1/s1. The Kier molecular flexibility index (Phi) is 14.7. The highest BCUT2D eigenvalue weighted by Gasteiger charge is 2.58. The number of esters is 2. The molecule has 11 heteroatoms. The Hall–Kier alpha value is -7.15. The molecule has 0 spiro atoms. The quantitative estimate of drug-likeness (QED) is 0.0679. The van der Waals surface area contributed by atoms with E-state index in [1.165, 1.54) is 23.8 Å². The third-order valence-electron chi connectivity index (χ3n) is 18.3. The van der Waals surface area contributed by atoms with Crippen LogP contribution in [-0.2, 0) is 49.7 Å². The van der Waals surface area contributed by atoms with Crippen LogP contribution in [0.1, 0.15) is 137 Å². The zero-order valence-electron chi connectivity index (χ0n) is 44.9. The van der Waals surface area contributed by atoms with E-state index in [0.29, 0.717) is 54.4 Å². The van der Waals surface area contributed by atoms with Crippen LogP contribution in [0.2, 0.25) is 0 Å². The van der Waals surface area contributed by atoms with Gasteiger partial charge in [0.05, 0.1) is 25.4 Å². The highest BCUT2D eigenvalue weighted by molar-refractivity contribution is 5.92. The van der Waals surface area contributed by atoms with Crippen LogP contribution >= 0.6 is 0 Å². The van der Waals surface area contributed by atoms with E-state index in [9.17, 15) is 20.1 Å². The SMILES string of the molecule is COC[C@@H](CCO)c1c(CO)c2ccc3c(c2oc1=O)[C@H]1OC(=O)C[C@H]2C[C@H](c4cccc(Cc5ccccc5)c4)C=C[C@H]2c2ccc(cc2)CC/C2=C(/CO)Cc4cccc5ccc(cc45)[C@H]4CC[C@H](C4)[C@](C)(O3)[C@H]1OC2=O. The number of aliphatic hydroxyl groups excluding tert-OH is 3. The van der Waals surface area contributed by atoms with Gasteiger partial charge in [-0.05, 0) is 150 Å². The first kappa shape index (κ1) is 52.5. The van der Waals surface area contributed by atoms with E-state index in [-0.39, 0.29) is 84.3 Å². The van der Waals surface area contributed by atoms with Gasteiger partial charge in [-0.2, -0.15) is 0 Å². The fourth-order valence-corrected chi connectivity index (χ4v) is 14.1. The molecule has 0 unspecified atom stereocenters. The van der Waals surface area contributed by atoms with E-state index < -0.39 is 54.5 Å². The number of methoxy groups -OCH3 is 1. The van der Waals surface area contributed by atoms with Gasteiger partial charge in [0.25, 0.3) is 0 Å². The molecule has 7 aromatic rings. The molecule has 79 heavy (non-hydrogen) atoms. The lowest BCUT2D eigenvalue weighted by molar-refractivity contribution is -0.199. The Morgan fingerprint density at radius 2 is 1.56 bits per heavy atom. The van der Waals surface area contributed by atoms with Crippen molar-refractivity contribution in [3.05, 3.63) is 217 Å². The summed E-state index contributed by atoms with van der Waals surface area (Å²) in [6.07, 6.45) is 6.75. The molecular weight excluding hydrogens is 993 g/mol. The second kappa shape index (κ2) is 22.2. The topological polar surface area (TPSA) is 162 Å². The molecular formula is C68H68O11. The van der Waals surface area contributed by atoms with Gasteiger partial charge in [-0.25, -0.2) is 9.59 Å². The number of allylic oxidation sites excluding steroid dienone is 2. The van der Waals surface area contributed by atoms with Crippen LogP contribution in [0.5, 0.6) is 5.75 Å². The summed E-state index contributed by atoms with van der Waals surface area (Å²) in [5, 5.41) is 35.2. The fourth-order valence-electron chi connectivity index (χ4n) is 14.1. The molecule has 2 aliphatic carbocycles. The first-order chi connectivity index (χ1) is 38.5. The lowest BCUT2D eigenvalue weighted by Gasteiger charge is -2.48. The number of carbonyl (C=O) groups excluding carboxylic acids is 2. The molecule has 0 saturated heterocycles. The van der Waals surface area contributed by atoms with E-state index in [4.69, 9.17) is 23.4 Å². The predicted molar refractivity (Wildman–Crippen MR) is 302 cm³/mol. The maximum Gasteiger partial charge on any atom is 0.340 e. The van der Waals surface area contributed by atoms with Crippen LogP contribution in [0.15, 0.2) is 160 Å². The van der Waals surface area contributed by atoms with Crippen molar-refractivity contribution in [2.45, 2.75) is 119 Å². The minimum absolute atomic E-state index is 0.00768. The van der Waals surface area contributed by atoms with Crippen LogP contribution in [0, 0.1) is 11.8 Å². The Morgan fingerprint density at radius 1 is 0.747 bits per heavy atom. The molecule has 406 valence electrons. The Bertz CT molecular complexity index is 3550. The van der Waals surface area contributed by atoms with Gasteiger partial charge in [0, 0.05) is 60.3 Å². The summed E-state index contributed by atoms with van der Waals surface area (Å²) in [5.41, 5.74) is 7.36. The predicted octanol–water partition coefficient (Wildman–Crippen LogP) is 11.7. The summed E-state index contributed by atoms with van der Waals surface area (Å²) in [6.45, 7) is 0.851. The normalized spacial score (nSPS) is 26.1. The van der Waals surface area contributed by atoms with Crippen LogP contribution in [0.4, 0.5) is 0 Å². The third-order valence-corrected chi connectivity index (χ3v) is 18.3. The van der Waals surface area contributed by atoms with E-state index in [1.807, 2.05) is 19.1 Å². The minimum atomic E-state index is -1.36. The lowest BCUT2D eigenvalue weighted by Crippen LogP contribution is -2.58. The molecule has 6 aromatic carbocycles. The van der Waals surface area contributed by atoms with Crippen molar-refractivity contribution in [1.82, 2.24) is 0 Å². The second-order valence-corrected chi connectivity index (χ2v) is 22.9. The number of aryl methyl sites for hydroxylation is 1. The van der Waals surface area contributed by atoms with E-state index >= 15 is 9.59 Å². The smallest absolute Gasteiger partial charge is 0.340 e. The number of carbonyl (C=O) groups is 2.